The quantitative estimate of drug-likeness (QED) is 0.0314. The maximum atomic E-state index is 15.4. The minimum absolute atomic E-state index is 0.0653. The minimum Gasteiger partial charge on any atom is -0.445 e. The van der Waals surface area contributed by atoms with E-state index in [0.717, 1.165) is 35.9 Å². The number of aliphatic hydroxyl groups excluding tert-OH is 1. The Balaban J connectivity index is 1.40. The van der Waals surface area contributed by atoms with Crippen LogP contribution in [-0.2, 0) is 61.0 Å². The third-order valence-corrected chi connectivity index (χ3v) is 12.5. The number of halogens is 2. The van der Waals surface area contributed by atoms with E-state index in [1.165, 1.54) is 18.7 Å². The van der Waals surface area contributed by atoms with E-state index in [1.54, 1.807) is 67.9 Å². The van der Waals surface area contributed by atoms with Crippen molar-refractivity contribution < 1.29 is 66.6 Å². The monoisotopic (exact) mass is 1100 g/mol. The predicted molar refractivity (Wildman–Crippen MR) is 282 cm³/mol. The van der Waals surface area contributed by atoms with Crippen LogP contribution < -0.4 is 37.6 Å². The second-order valence-electron chi connectivity index (χ2n) is 19.7. The minimum atomic E-state index is -1.58. The third kappa shape index (κ3) is 18.2. The summed E-state index contributed by atoms with van der Waals surface area (Å²) in [6.45, 7) is 5.67. The van der Waals surface area contributed by atoms with Gasteiger partial charge in [0, 0.05) is 67.8 Å². The normalized spacial score (nSPS) is 14.0. The first kappa shape index (κ1) is 61.1. The number of aliphatic hydroxyl groups is 1. The fraction of sp³-hybridized carbons (Fsp3) is 0.382. The first-order valence-electron chi connectivity index (χ1n) is 25.3. The molecule has 3 aromatic carbocycles. The number of ether oxygens (including phenoxy) is 1. The fourth-order valence-corrected chi connectivity index (χ4v) is 8.47. The zero-order chi connectivity index (χ0) is 58.0. The average Bonchev–Trinajstić information content (AvgIpc) is 4.19. The molecule has 9 N–H and O–H groups in total. The summed E-state index contributed by atoms with van der Waals surface area (Å²) in [6.07, 6.45) is 1.49. The number of alkyl carbamates (subject to hydrolysis) is 1. The number of hydrogen-bond acceptors (Lipinski definition) is 12. The lowest BCUT2D eigenvalue weighted by Crippen LogP contribution is -2.58. The number of nitrogens with two attached hydrogens (primary N) is 1. The van der Waals surface area contributed by atoms with Crippen LogP contribution >= 0.6 is 0 Å². The Morgan fingerprint density at radius 2 is 1.30 bits per heavy atom. The Hall–Kier alpha value is -8.80. The molecular formula is C55H66F2N10O12. The summed E-state index contributed by atoms with van der Waals surface area (Å²) in [7, 11) is 0. The number of benzene rings is 3. The number of carbonyl (C=O) groups is 10. The standard InChI is InChI=1S/C55H66F2N10O12/c1-33(61-50(74)34(2)62-54(78)79-32-36-14-10-7-11-15-36)51(75)63-41(18-19-44(58)69)53(77)64-42(52(76)60-24-23-59-45(70)30-67-46(71)20-21-47(67)72)22-25-66(48(73)31-68)49(55(3,4)5)43-26-37(39-27-38(56)16-17-40(39)57)29-65(43)28-35-12-8-6-9-13-35/h6-17,20-21,26-27,29,33-34,41-42,49,68H,18-19,22-25,28,30-32H2,1-5H3,(H2,58,69)(H,59,70)(H,60,76)(H,61,74)(H,62,78)(H,63,75)(H,64,77)/t33-,34-,41-,42-,49-/m0/s1. The van der Waals surface area contributed by atoms with Gasteiger partial charge in [0.25, 0.3) is 11.8 Å². The van der Waals surface area contributed by atoms with Gasteiger partial charge >= 0.3 is 6.09 Å². The highest BCUT2D eigenvalue weighted by Crippen LogP contribution is 2.41. The smallest absolute Gasteiger partial charge is 0.408 e. The number of rotatable bonds is 27. The summed E-state index contributed by atoms with van der Waals surface area (Å²) in [5.74, 6) is -8.83. The van der Waals surface area contributed by atoms with Crippen molar-refractivity contribution in [3.63, 3.8) is 0 Å². The van der Waals surface area contributed by atoms with Gasteiger partial charge in [-0.25, -0.2) is 13.6 Å². The van der Waals surface area contributed by atoms with Crippen molar-refractivity contribution in [1.82, 2.24) is 46.3 Å². The Labute approximate surface area is 454 Å². The first-order valence-corrected chi connectivity index (χ1v) is 25.3. The first-order chi connectivity index (χ1) is 37.4. The van der Waals surface area contributed by atoms with Crippen molar-refractivity contribution in [3.05, 3.63) is 132 Å². The molecule has 79 heavy (non-hydrogen) atoms. The Morgan fingerprint density at radius 3 is 1.92 bits per heavy atom. The van der Waals surface area contributed by atoms with Gasteiger partial charge in [-0.2, -0.15) is 0 Å². The molecule has 0 bridgehead atoms. The van der Waals surface area contributed by atoms with Crippen molar-refractivity contribution >= 4 is 59.3 Å². The molecular weight excluding hydrogens is 1030 g/mol. The van der Waals surface area contributed by atoms with Gasteiger partial charge in [0.2, 0.25) is 41.4 Å². The Kier molecular flexibility index (Phi) is 22.1. The number of nitrogens with one attached hydrogen (secondary N) is 6. The summed E-state index contributed by atoms with van der Waals surface area (Å²) >= 11 is 0. The second-order valence-corrected chi connectivity index (χ2v) is 19.7. The molecule has 0 fully saturated rings. The number of carbonyl (C=O) groups excluding carboxylic acids is 10. The van der Waals surface area contributed by atoms with E-state index in [0.29, 0.717) is 16.2 Å². The number of aromatic nitrogens is 1. The number of amides is 10. The lowest BCUT2D eigenvalue weighted by molar-refractivity contribution is -0.141. The fourth-order valence-electron chi connectivity index (χ4n) is 8.47. The van der Waals surface area contributed by atoms with Gasteiger partial charge in [-0.05, 0) is 67.5 Å². The summed E-state index contributed by atoms with van der Waals surface area (Å²) in [5.41, 5.74) is 6.68. The molecule has 5 atom stereocenters. The molecule has 0 saturated heterocycles. The van der Waals surface area contributed by atoms with Gasteiger partial charge < -0.3 is 56.9 Å². The summed E-state index contributed by atoms with van der Waals surface area (Å²) in [4.78, 5) is 132. The van der Waals surface area contributed by atoms with Crippen LogP contribution in [0, 0.1) is 17.0 Å². The van der Waals surface area contributed by atoms with Crippen molar-refractivity contribution in [2.45, 2.75) is 97.2 Å². The molecule has 1 aliphatic rings. The van der Waals surface area contributed by atoms with Crippen LogP contribution in [0.4, 0.5) is 13.6 Å². The molecule has 5 rings (SSSR count). The maximum absolute atomic E-state index is 15.4. The van der Waals surface area contributed by atoms with E-state index < -0.39 is 133 Å². The summed E-state index contributed by atoms with van der Waals surface area (Å²) < 4.78 is 37.0. The van der Waals surface area contributed by atoms with Crippen molar-refractivity contribution in [1.29, 1.82) is 0 Å². The molecule has 4 aromatic rings. The molecule has 10 amide bonds. The van der Waals surface area contributed by atoms with Gasteiger partial charge in [0.1, 0.15) is 55.6 Å². The Bertz CT molecular complexity index is 2880. The van der Waals surface area contributed by atoms with Crippen LogP contribution in [0.15, 0.2) is 103 Å². The highest BCUT2D eigenvalue weighted by molar-refractivity contribution is 6.14. The number of nitrogens with zero attached hydrogens (tertiary/aromatic N) is 3. The van der Waals surface area contributed by atoms with E-state index >= 15 is 4.39 Å². The molecule has 0 unspecified atom stereocenters. The molecule has 2 heterocycles. The largest absolute Gasteiger partial charge is 0.445 e. The van der Waals surface area contributed by atoms with E-state index in [9.17, 15) is 57.4 Å². The highest BCUT2D eigenvalue weighted by atomic mass is 19.1. The molecule has 0 aliphatic carbocycles. The highest BCUT2D eigenvalue weighted by Gasteiger charge is 2.39. The van der Waals surface area contributed by atoms with Gasteiger partial charge in [0.05, 0.1) is 6.04 Å². The van der Waals surface area contributed by atoms with E-state index in [1.807, 2.05) is 30.3 Å². The zero-order valence-electron chi connectivity index (χ0n) is 44.4. The van der Waals surface area contributed by atoms with Crippen molar-refractivity contribution in [2.75, 3.05) is 32.8 Å². The maximum Gasteiger partial charge on any atom is 0.408 e. The van der Waals surface area contributed by atoms with Crippen LogP contribution in [0.25, 0.3) is 11.1 Å². The van der Waals surface area contributed by atoms with Gasteiger partial charge in [-0.15, -0.1) is 0 Å². The van der Waals surface area contributed by atoms with Gasteiger partial charge in [0.15, 0.2) is 0 Å². The molecule has 22 nitrogen and oxygen atoms in total. The zero-order valence-corrected chi connectivity index (χ0v) is 44.4. The molecule has 422 valence electrons. The number of hydrogen-bond donors (Lipinski definition) is 8. The van der Waals surface area contributed by atoms with E-state index in [-0.39, 0.29) is 50.3 Å². The molecule has 24 heteroatoms. The van der Waals surface area contributed by atoms with Crippen LogP contribution in [-0.4, -0.2) is 136 Å². The lowest BCUT2D eigenvalue weighted by atomic mass is 9.82. The van der Waals surface area contributed by atoms with E-state index in [4.69, 9.17) is 10.5 Å². The molecule has 1 aromatic heterocycles. The second kappa shape index (κ2) is 28.5. The topological polar surface area (TPSA) is 310 Å². The lowest BCUT2D eigenvalue weighted by Gasteiger charge is -2.41. The van der Waals surface area contributed by atoms with Crippen LogP contribution in [0.2, 0.25) is 0 Å². The molecule has 1 aliphatic heterocycles. The molecule has 0 spiro atoms. The SMILES string of the molecule is C[C@H](NC(=O)OCc1ccccc1)C(=O)N[C@@H](C)C(=O)N[C@@H](CCC(N)=O)C(=O)N[C@@H](CCN(C(=O)CO)[C@@H](c1cc(-c2cc(F)ccc2F)cn1Cc1ccccc1)C(C)(C)C)C(=O)NCCNC(=O)CN1C(=O)C=CC1=O. The van der Waals surface area contributed by atoms with Gasteiger partial charge in [-0.3, -0.25) is 48.1 Å². The van der Waals surface area contributed by atoms with Crippen molar-refractivity contribution in [3.8, 4) is 11.1 Å². The van der Waals surface area contributed by atoms with Crippen LogP contribution in [0.1, 0.15) is 76.7 Å². The van der Waals surface area contributed by atoms with Crippen LogP contribution in [0.5, 0.6) is 0 Å². The molecule has 0 radical (unpaired) electrons. The third-order valence-electron chi connectivity index (χ3n) is 12.5. The summed E-state index contributed by atoms with van der Waals surface area (Å²) in [5, 5.41) is 25.4. The number of primary amides is 1. The average molecular weight is 1100 g/mol. The van der Waals surface area contributed by atoms with Crippen molar-refractivity contribution in [2.24, 2.45) is 11.1 Å². The van der Waals surface area contributed by atoms with E-state index in [2.05, 4.69) is 31.9 Å². The van der Waals surface area contributed by atoms with Crippen LogP contribution in [0.3, 0.4) is 0 Å². The van der Waals surface area contributed by atoms with Gasteiger partial charge in [-0.1, -0.05) is 81.4 Å². The summed E-state index contributed by atoms with van der Waals surface area (Å²) in [6, 6.07) is 15.9. The molecule has 0 saturated carbocycles. The Morgan fingerprint density at radius 1 is 0.722 bits per heavy atom. The predicted octanol–water partition coefficient (Wildman–Crippen LogP) is 1.99. The number of imide groups is 1.